The third kappa shape index (κ3) is 4.54. The van der Waals surface area contributed by atoms with Crippen LogP contribution in [0.3, 0.4) is 0 Å². The molecule has 1 amide bonds. The number of amides is 1. The molecule has 0 aliphatic carbocycles. The maximum atomic E-state index is 13.1. The zero-order chi connectivity index (χ0) is 22.8. The number of hydrogen-bond acceptors (Lipinski definition) is 7. The van der Waals surface area contributed by atoms with Gasteiger partial charge in [0.15, 0.2) is 12.1 Å². The number of fused-ring (bicyclic) bond motifs is 1. The van der Waals surface area contributed by atoms with E-state index in [9.17, 15) is 9.90 Å². The molecule has 0 spiro atoms. The number of imidazole rings is 1. The Morgan fingerprint density at radius 3 is 2.82 bits per heavy atom. The Morgan fingerprint density at radius 1 is 1.18 bits per heavy atom. The fraction of sp³-hybridized carbons (Fsp3) is 0.318. The van der Waals surface area contributed by atoms with E-state index in [1.165, 1.54) is 0 Å². The number of aliphatic hydroxyl groups excluding tert-OH is 1. The number of aryl methyl sites for hydroxylation is 1. The number of aliphatic hydroxyl groups is 1. The van der Waals surface area contributed by atoms with E-state index in [1.54, 1.807) is 35.5 Å². The summed E-state index contributed by atoms with van der Waals surface area (Å²) in [5.74, 6) is 0.802. The van der Waals surface area contributed by atoms with Gasteiger partial charge in [-0.15, -0.1) is 0 Å². The van der Waals surface area contributed by atoms with Gasteiger partial charge in [-0.3, -0.25) is 15.0 Å². The minimum absolute atomic E-state index is 0.148. The first-order chi connectivity index (χ1) is 16.1. The number of carbonyl (C=O) groups excluding carboxylic acids is 1. The highest BCUT2D eigenvalue weighted by molar-refractivity contribution is 5.96. The Hall–Kier alpha value is -3.83. The highest BCUT2D eigenvalue weighted by atomic mass is 16.3. The monoisotopic (exact) mass is 447 g/mol. The lowest BCUT2D eigenvalue weighted by molar-refractivity contribution is -0.121. The molecule has 0 saturated carbocycles. The Labute approximate surface area is 190 Å². The molecule has 1 unspecified atom stereocenters. The van der Waals surface area contributed by atoms with Gasteiger partial charge in [0.25, 0.3) is 0 Å². The van der Waals surface area contributed by atoms with Crippen LogP contribution in [0, 0.1) is 0 Å². The normalized spacial score (nSPS) is 17.1. The molecule has 33 heavy (non-hydrogen) atoms. The Balaban J connectivity index is 1.24. The number of aromatic nitrogens is 7. The molecule has 0 saturated heterocycles. The van der Waals surface area contributed by atoms with E-state index in [-0.39, 0.29) is 11.7 Å². The second-order valence-electron chi connectivity index (χ2n) is 8.05. The molecule has 5 rings (SSSR count). The number of carbonyl (C=O) groups is 1. The summed E-state index contributed by atoms with van der Waals surface area (Å²) in [6.07, 6.45) is 6.21. The number of anilines is 1. The predicted octanol–water partition coefficient (Wildman–Crippen LogP) is 0.783. The summed E-state index contributed by atoms with van der Waals surface area (Å²) in [6.45, 7) is 1.67. The van der Waals surface area contributed by atoms with Crippen LogP contribution in [-0.4, -0.2) is 58.2 Å². The maximum Gasteiger partial charge on any atom is 0.245 e. The van der Waals surface area contributed by atoms with Crippen molar-refractivity contribution in [3.05, 3.63) is 78.5 Å². The number of benzene rings is 1. The second-order valence-corrected chi connectivity index (χ2v) is 8.05. The summed E-state index contributed by atoms with van der Waals surface area (Å²) in [6, 6.07) is 11.2. The average molecular weight is 448 g/mol. The summed E-state index contributed by atoms with van der Waals surface area (Å²) in [7, 11) is 1.72. The van der Waals surface area contributed by atoms with Crippen molar-refractivity contribution in [3.8, 4) is 0 Å². The third-order valence-corrected chi connectivity index (χ3v) is 5.66. The molecule has 170 valence electrons. The van der Waals surface area contributed by atoms with Gasteiger partial charge in [0.2, 0.25) is 5.91 Å². The molecular weight excluding hydrogens is 422 g/mol. The van der Waals surface area contributed by atoms with Gasteiger partial charge < -0.3 is 9.67 Å². The largest absolute Gasteiger partial charge is 0.371 e. The summed E-state index contributed by atoms with van der Waals surface area (Å²) in [4.78, 5) is 22.9. The lowest BCUT2D eigenvalue weighted by Crippen LogP contribution is -2.45. The smallest absolute Gasteiger partial charge is 0.245 e. The number of nitrogens with zero attached hydrogens (tertiary/aromatic N) is 8. The van der Waals surface area contributed by atoms with Crippen LogP contribution < -0.4 is 10.2 Å². The zero-order valence-electron chi connectivity index (χ0n) is 18.2. The van der Waals surface area contributed by atoms with Gasteiger partial charge in [-0.05, 0) is 12.0 Å². The van der Waals surface area contributed by atoms with Crippen molar-refractivity contribution in [2.75, 3.05) is 11.9 Å². The van der Waals surface area contributed by atoms with Crippen molar-refractivity contribution in [2.24, 2.45) is 0 Å². The van der Waals surface area contributed by atoms with Crippen LogP contribution in [0.25, 0.3) is 0 Å². The van der Waals surface area contributed by atoms with E-state index < -0.39 is 12.3 Å². The molecule has 2 atom stereocenters. The van der Waals surface area contributed by atoms with Crippen molar-refractivity contribution in [1.29, 1.82) is 0 Å². The van der Waals surface area contributed by atoms with Crippen LogP contribution in [0.2, 0.25) is 0 Å². The second kappa shape index (κ2) is 8.96. The van der Waals surface area contributed by atoms with Gasteiger partial charge in [-0.25, -0.2) is 19.3 Å². The first-order valence-corrected chi connectivity index (χ1v) is 10.7. The summed E-state index contributed by atoms with van der Waals surface area (Å²) < 4.78 is 5.41. The van der Waals surface area contributed by atoms with Gasteiger partial charge in [0, 0.05) is 32.1 Å². The fourth-order valence-electron chi connectivity index (χ4n) is 3.96. The predicted molar refractivity (Wildman–Crippen MR) is 119 cm³/mol. The number of likely N-dealkylation sites (N-methyl/N-ethyl adjacent to an activating group) is 1. The minimum atomic E-state index is -1.16. The van der Waals surface area contributed by atoms with Crippen LogP contribution in [0.4, 0.5) is 5.82 Å². The molecule has 2 N–H and O–H groups in total. The maximum absolute atomic E-state index is 13.1. The first-order valence-electron chi connectivity index (χ1n) is 10.7. The molecule has 3 aromatic heterocycles. The fourth-order valence-corrected chi connectivity index (χ4v) is 3.96. The van der Waals surface area contributed by atoms with Crippen LogP contribution in [0.1, 0.15) is 29.7 Å². The number of rotatable bonds is 7. The van der Waals surface area contributed by atoms with Crippen LogP contribution >= 0.6 is 0 Å². The lowest BCUT2D eigenvalue weighted by atomic mass is 10.2. The Kier molecular flexibility index (Phi) is 5.71. The molecule has 4 aromatic rings. The molecule has 1 aliphatic rings. The van der Waals surface area contributed by atoms with Crippen LogP contribution in [0.15, 0.2) is 61.4 Å². The Bertz CT molecular complexity index is 1220. The van der Waals surface area contributed by atoms with Crippen molar-refractivity contribution >= 4 is 11.7 Å². The third-order valence-electron chi connectivity index (χ3n) is 5.66. The molecule has 1 aromatic carbocycles. The standard InChI is InChI=1S/C22H25N9O2/c1-28-19-11-17(13-29-10-8-23-14-29)26-31(19)9-7-18(22(28)33)25-21(32)20-24-15-30(27-20)12-16-5-3-2-4-6-16/h2-6,8,10-11,14-15,18,21,25,32H,7,9,12-13H2,1H3/t18-,21?/m0/s1. The molecule has 0 radical (unpaired) electrons. The SMILES string of the molecule is CN1C(=O)[C@@H](NC(O)c2ncn(Cc3ccccc3)n2)CCn2nc(Cn3ccnc3)cc21. The molecule has 0 fully saturated rings. The first kappa shape index (κ1) is 21.0. The van der Waals surface area contributed by atoms with Crippen LogP contribution in [-0.2, 0) is 24.4 Å². The summed E-state index contributed by atoms with van der Waals surface area (Å²) in [5, 5.41) is 22.6. The van der Waals surface area contributed by atoms with Gasteiger partial charge in [-0.2, -0.15) is 10.2 Å². The van der Waals surface area contributed by atoms with Gasteiger partial charge in [0.05, 0.1) is 31.2 Å². The molecule has 1 aliphatic heterocycles. The molecule has 4 heterocycles. The van der Waals surface area contributed by atoms with E-state index in [0.717, 1.165) is 17.1 Å². The summed E-state index contributed by atoms with van der Waals surface area (Å²) >= 11 is 0. The minimum Gasteiger partial charge on any atom is -0.371 e. The van der Waals surface area contributed by atoms with Crippen molar-refractivity contribution < 1.29 is 9.90 Å². The number of nitrogens with one attached hydrogen (secondary N) is 1. The quantitative estimate of drug-likeness (QED) is 0.402. The topological polar surface area (TPSA) is 119 Å². The molecule has 0 bridgehead atoms. The van der Waals surface area contributed by atoms with Gasteiger partial charge in [-0.1, -0.05) is 30.3 Å². The van der Waals surface area contributed by atoms with E-state index in [4.69, 9.17) is 0 Å². The van der Waals surface area contributed by atoms with Crippen LogP contribution in [0.5, 0.6) is 0 Å². The molecule has 11 nitrogen and oxygen atoms in total. The van der Waals surface area contributed by atoms with Crippen molar-refractivity contribution in [3.63, 3.8) is 0 Å². The average Bonchev–Trinajstić information content (AvgIpc) is 3.57. The lowest BCUT2D eigenvalue weighted by Gasteiger charge is -2.22. The highest BCUT2D eigenvalue weighted by Crippen LogP contribution is 2.22. The van der Waals surface area contributed by atoms with Crippen molar-refractivity contribution in [2.45, 2.75) is 38.3 Å². The molecular formula is C22H25N9O2. The van der Waals surface area contributed by atoms with E-state index in [0.29, 0.717) is 26.1 Å². The van der Waals surface area contributed by atoms with E-state index >= 15 is 0 Å². The molecule has 11 heteroatoms. The van der Waals surface area contributed by atoms with Gasteiger partial charge in [0.1, 0.15) is 12.1 Å². The highest BCUT2D eigenvalue weighted by Gasteiger charge is 2.31. The van der Waals surface area contributed by atoms with Crippen molar-refractivity contribution in [1.82, 2.24) is 39.4 Å². The van der Waals surface area contributed by atoms with E-state index in [2.05, 4.69) is 25.5 Å². The number of hydrogen-bond donors (Lipinski definition) is 2. The van der Waals surface area contributed by atoms with Gasteiger partial charge >= 0.3 is 0 Å². The van der Waals surface area contributed by atoms with E-state index in [1.807, 2.05) is 51.8 Å². The zero-order valence-corrected chi connectivity index (χ0v) is 18.2. The summed E-state index contributed by atoms with van der Waals surface area (Å²) in [5.41, 5.74) is 1.93. The Morgan fingerprint density at radius 2 is 2.03 bits per heavy atom.